The Morgan fingerprint density at radius 3 is 2.33 bits per heavy atom. The van der Waals surface area contributed by atoms with Crippen LogP contribution in [0.5, 0.6) is 0 Å². The maximum atomic E-state index is 12.3. The normalized spacial score (nSPS) is 48.8. The van der Waals surface area contributed by atoms with E-state index in [1.54, 1.807) is 0 Å². The molecule has 188 valence electrons. The quantitative estimate of drug-likeness (QED) is 0.446. The molecule has 6 heteroatoms. The monoisotopic (exact) mass is 464 g/mol. The van der Waals surface area contributed by atoms with E-state index >= 15 is 0 Å². The molecule has 4 aliphatic rings. The number of aliphatic hydroxyl groups is 3. The van der Waals surface area contributed by atoms with E-state index in [1.165, 1.54) is 6.92 Å². The molecule has 4 aliphatic carbocycles. The van der Waals surface area contributed by atoms with Gasteiger partial charge in [0.25, 0.3) is 0 Å². The predicted molar refractivity (Wildman–Crippen MR) is 124 cm³/mol. The minimum Gasteiger partial charge on any atom is -0.481 e. The van der Waals surface area contributed by atoms with Crippen molar-refractivity contribution < 1.29 is 30.0 Å². The highest BCUT2D eigenvalue weighted by Gasteiger charge is 2.65. The minimum absolute atomic E-state index is 0.0640. The number of hydrogen-bond acceptors (Lipinski definition) is 5. The molecule has 0 amide bonds. The molecule has 0 aliphatic heterocycles. The summed E-state index contributed by atoms with van der Waals surface area (Å²) in [5.74, 6) is -0.756. The highest BCUT2D eigenvalue weighted by atomic mass is 16.4. The Morgan fingerprint density at radius 1 is 0.970 bits per heavy atom. The van der Waals surface area contributed by atoms with Gasteiger partial charge in [0.2, 0.25) is 0 Å². The maximum Gasteiger partial charge on any atom is 0.313 e. The summed E-state index contributed by atoms with van der Waals surface area (Å²) in [5.41, 5.74) is -0.227. The molecule has 33 heavy (non-hydrogen) atoms. The molecular formula is C27H44O6. The molecule has 2 unspecified atom stereocenters. The second-order valence-electron chi connectivity index (χ2n) is 12.6. The van der Waals surface area contributed by atoms with Crippen LogP contribution < -0.4 is 0 Å². The summed E-state index contributed by atoms with van der Waals surface area (Å²) in [5, 5.41) is 42.3. The molecule has 6 nitrogen and oxygen atoms in total. The Labute approximate surface area is 198 Å². The fourth-order valence-corrected chi connectivity index (χ4v) is 9.06. The number of carbonyl (C=O) groups excluding carboxylic acids is 1. The zero-order valence-electron chi connectivity index (χ0n) is 20.7. The molecular weight excluding hydrogens is 420 g/mol. The van der Waals surface area contributed by atoms with Gasteiger partial charge in [-0.25, -0.2) is 0 Å². The van der Waals surface area contributed by atoms with Crippen LogP contribution >= 0.6 is 0 Å². The van der Waals surface area contributed by atoms with Gasteiger partial charge in [0, 0.05) is 6.42 Å². The lowest BCUT2D eigenvalue weighted by Gasteiger charge is -2.63. The number of fused-ring (bicyclic) bond motifs is 5. The van der Waals surface area contributed by atoms with Crippen LogP contribution in [0.2, 0.25) is 0 Å². The first kappa shape index (κ1) is 25.1. The van der Waals surface area contributed by atoms with Crippen molar-refractivity contribution in [2.24, 2.45) is 52.3 Å². The number of carbonyl (C=O) groups is 2. The van der Waals surface area contributed by atoms with Crippen molar-refractivity contribution in [1.82, 2.24) is 0 Å². The van der Waals surface area contributed by atoms with Gasteiger partial charge in [0.15, 0.2) is 0 Å². The van der Waals surface area contributed by atoms with E-state index in [4.69, 9.17) is 5.11 Å². The first-order chi connectivity index (χ1) is 15.4. The van der Waals surface area contributed by atoms with Crippen molar-refractivity contribution in [1.29, 1.82) is 0 Å². The molecule has 0 aromatic carbocycles. The second-order valence-corrected chi connectivity index (χ2v) is 12.6. The predicted octanol–water partition coefficient (Wildman–Crippen LogP) is 3.65. The standard InChI is InChI=1S/C27H44O6/c1-14(5-8-21(29)15(2)25(32)33)18-6-7-19-24-20(13-23(31)27(18,19)4)26(3)10-9-17(28)11-16(26)12-22(24)30/h14-20,22-24,28,30-31H,5-13H2,1-4H3,(H,32,33)/t14-,15?,16?,17-,18-,19+,20+,22-,23+,24+,26+,27-/m1/s1. The lowest BCUT2D eigenvalue weighted by Crippen LogP contribution is -2.62. The lowest BCUT2D eigenvalue weighted by atomic mass is 9.43. The van der Waals surface area contributed by atoms with Gasteiger partial charge in [-0.3, -0.25) is 9.59 Å². The Bertz CT molecular complexity index is 768. The first-order valence-corrected chi connectivity index (χ1v) is 13.2. The van der Waals surface area contributed by atoms with Gasteiger partial charge < -0.3 is 20.4 Å². The average Bonchev–Trinajstić information content (AvgIpc) is 3.11. The van der Waals surface area contributed by atoms with Crippen LogP contribution in [0.3, 0.4) is 0 Å². The maximum absolute atomic E-state index is 12.3. The van der Waals surface area contributed by atoms with Gasteiger partial charge in [0.05, 0.1) is 18.3 Å². The van der Waals surface area contributed by atoms with Crippen molar-refractivity contribution in [3.8, 4) is 0 Å². The van der Waals surface area contributed by atoms with Crippen LogP contribution in [0.25, 0.3) is 0 Å². The minimum atomic E-state index is -1.07. The molecule has 12 atom stereocenters. The Balaban J connectivity index is 1.52. The summed E-state index contributed by atoms with van der Waals surface area (Å²) in [4.78, 5) is 23.4. The van der Waals surface area contributed by atoms with Gasteiger partial charge >= 0.3 is 5.97 Å². The zero-order valence-corrected chi connectivity index (χ0v) is 20.7. The lowest BCUT2D eigenvalue weighted by molar-refractivity contribution is -0.207. The molecule has 4 fully saturated rings. The molecule has 0 aromatic rings. The van der Waals surface area contributed by atoms with Crippen LogP contribution in [0, 0.1) is 52.3 Å². The first-order valence-electron chi connectivity index (χ1n) is 13.2. The zero-order chi connectivity index (χ0) is 24.3. The summed E-state index contributed by atoms with van der Waals surface area (Å²) in [7, 11) is 0. The van der Waals surface area contributed by atoms with Gasteiger partial charge in [-0.05, 0) is 105 Å². The molecule has 0 saturated heterocycles. The van der Waals surface area contributed by atoms with Gasteiger partial charge in [-0.2, -0.15) is 0 Å². The molecule has 0 bridgehead atoms. The molecule has 0 spiro atoms. The van der Waals surface area contributed by atoms with E-state index in [1.807, 2.05) is 0 Å². The van der Waals surface area contributed by atoms with Crippen molar-refractivity contribution in [2.45, 2.75) is 104 Å². The average molecular weight is 465 g/mol. The number of aliphatic hydroxyl groups excluding tert-OH is 3. The Kier molecular flexibility index (Phi) is 6.78. The molecule has 4 rings (SSSR count). The van der Waals surface area contributed by atoms with Gasteiger partial charge in [0.1, 0.15) is 11.7 Å². The number of Topliss-reactive ketones (excluding diaryl/α,β-unsaturated/α-hetero) is 1. The van der Waals surface area contributed by atoms with Crippen LogP contribution in [0.15, 0.2) is 0 Å². The number of hydrogen-bond donors (Lipinski definition) is 4. The summed E-state index contributed by atoms with van der Waals surface area (Å²) in [6.45, 7) is 8.15. The molecule has 4 saturated carbocycles. The number of ketones is 1. The van der Waals surface area contributed by atoms with E-state index in [0.29, 0.717) is 18.8 Å². The fourth-order valence-electron chi connectivity index (χ4n) is 9.06. The molecule has 0 radical (unpaired) electrons. The van der Waals surface area contributed by atoms with Crippen molar-refractivity contribution in [3.63, 3.8) is 0 Å². The topological polar surface area (TPSA) is 115 Å². The van der Waals surface area contributed by atoms with Gasteiger partial charge in [-0.1, -0.05) is 20.8 Å². The SMILES string of the molecule is CC(C(=O)O)C(=O)CC[C@@H](C)[C@H]1CC[C@H]2[C@@H]3[C@H](O)CC4C[C@H](O)CC[C@]4(C)[C@H]3C[C@H](O)[C@]12C. The van der Waals surface area contributed by atoms with E-state index in [2.05, 4.69) is 20.8 Å². The summed E-state index contributed by atoms with van der Waals surface area (Å²) < 4.78 is 0. The number of aliphatic carboxylic acids is 1. The number of carboxylic acid groups (broad SMARTS) is 1. The van der Waals surface area contributed by atoms with Gasteiger partial charge in [-0.15, -0.1) is 0 Å². The number of rotatable bonds is 6. The molecule has 0 aromatic heterocycles. The second kappa shape index (κ2) is 8.91. The largest absolute Gasteiger partial charge is 0.481 e. The van der Waals surface area contributed by atoms with Crippen LogP contribution in [0.1, 0.15) is 85.5 Å². The fraction of sp³-hybridized carbons (Fsp3) is 0.926. The van der Waals surface area contributed by atoms with Crippen LogP contribution in [0.4, 0.5) is 0 Å². The molecule has 0 heterocycles. The van der Waals surface area contributed by atoms with E-state index < -0.39 is 18.0 Å². The van der Waals surface area contributed by atoms with E-state index in [-0.39, 0.29) is 64.8 Å². The Morgan fingerprint density at radius 2 is 1.67 bits per heavy atom. The third-order valence-electron chi connectivity index (χ3n) is 11.2. The smallest absolute Gasteiger partial charge is 0.313 e. The van der Waals surface area contributed by atoms with Crippen LogP contribution in [-0.4, -0.2) is 50.5 Å². The van der Waals surface area contributed by atoms with Crippen molar-refractivity contribution in [2.75, 3.05) is 0 Å². The Hall–Kier alpha value is -0.980. The number of carboxylic acids is 1. The van der Waals surface area contributed by atoms with E-state index in [9.17, 15) is 24.9 Å². The van der Waals surface area contributed by atoms with E-state index in [0.717, 1.165) is 38.5 Å². The summed E-state index contributed by atoms with van der Waals surface area (Å²) >= 11 is 0. The third kappa shape index (κ3) is 3.98. The van der Waals surface area contributed by atoms with Crippen LogP contribution in [-0.2, 0) is 9.59 Å². The summed E-state index contributed by atoms with van der Waals surface area (Å²) in [6, 6.07) is 0. The van der Waals surface area contributed by atoms with Crippen molar-refractivity contribution in [3.05, 3.63) is 0 Å². The highest BCUT2D eigenvalue weighted by Crippen LogP contribution is 2.68. The molecule has 4 N–H and O–H groups in total. The van der Waals surface area contributed by atoms with Crippen molar-refractivity contribution >= 4 is 11.8 Å². The summed E-state index contributed by atoms with van der Waals surface area (Å²) in [6.07, 6.45) is 5.77. The highest BCUT2D eigenvalue weighted by molar-refractivity contribution is 5.97. The third-order valence-corrected chi connectivity index (χ3v) is 11.2.